The molecule has 6 nitrogen and oxygen atoms in total. The number of carbonyl (C=O) groups excluding carboxylic acids is 1. The first kappa shape index (κ1) is 14.8. The molecule has 0 aromatic carbocycles. The second-order valence-electron chi connectivity index (χ2n) is 5.39. The summed E-state index contributed by atoms with van der Waals surface area (Å²) in [5, 5.41) is 9.66. The number of carboxylic acid groups (broad SMARTS) is 1. The van der Waals surface area contributed by atoms with Gasteiger partial charge in [0, 0.05) is 26.3 Å². The van der Waals surface area contributed by atoms with Gasteiger partial charge in [0.1, 0.15) is 6.61 Å². The van der Waals surface area contributed by atoms with Crippen molar-refractivity contribution in [2.75, 3.05) is 32.9 Å². The Morgan fingerprint density at radius 3 is 2.75 bits per heavy atom. The number of nitrogens with zero attached hydrogens (tertiary/aromatic N) is 1. The Morgan fingerprint density at radius 1 is 1.45 bits per heavy atom. The fourth-order valence-electron chi connectivity index (χ4n) is 3.14. The zero-order chi connectivity index (χ0) is 14.6. The molecule has 0 bridgehead atoms. The lowest BCUT2D eigenvalue weighted by Crippen LogP contribution is -2.44. The molecule has 2 rings (SSSR count). The molecule has 0 radical (unpaired) electrons. The average Bonchev–Trinajstić information content (AvgIpc) is 2.92. The normalized spacial score (nSPS) is 27.3. The minimum Gasteiger partial charge on any atom is -0.481 e. The number of carboxylic acids is 1. The van der Waals surface area contributed by atoms with Crippen molar-refractivity contribution in [3.05, 3.63) is 12.7 Å². The van der Waals surface area contributed by atoms with Gasteiger partial charge in [0.25, 0.3) is 0 Å². The van der Waals surface area contributed by atoms with Crippen molar-refractivity contribution in [3.63, 3.8) is 0 Å². The van der Waals surface area contributed by atoms with Crippen LogP contribution < -0.4 is 0 Å². The zero-order valence-corrected chi connectivity index (χ0v) is 11.5. The van der Waals surface area contributed by atoms with Gasteiger partial charge in [-0.05, 0) is 25.2 Å². The molecule has 112 valence electrons. The monoisotopic (exact) mass is 283 g/mol. The molecule has 1 unspecified atom stereocenters. The van der Waals surface area contributed by atoms with E-state index in [1.807, 2.05) is 0 Å². The van der Waals surface area contributed by atoms with E-state index in [2.05, 4.69) is 6.58 Å². The van der Waals surface area contributed by atoms with Crippen LogP contribution in [0, 0.1) is 11.3 Å². The summed E-state index contributed by atoms with van der Waals surface area (Å²) in [4.78, 5) is 25.1. The standard InChI is InChI=1S/C14H21NO5/c1-2-7-20-13(18)15-6-5-14(10-15,12(16)17)11-3-8-19-9-4-11/h2,11H,1,3-10H2,(H,16,17). The number of ether oxygens (including phenoxy) is 2. The fourth-order valence-corrected chi connectivity index (χ4v) is 3.14. The molecule has 1 atom stereocenters. The molecule has 0 saturated carbocycles. The maximum absolute atomic E-state index is 11.8. The van der Waals surface area contributed by atoms with Crippen molar-refractivity contribution in [2.45, 2.75) is 19.3 Å². The van der Waals surface area contributed by atoms with Crippen molar-refractivity contribution in [2.24, 2.45) is 11.3 Å². The maximum atomic E-state index is 11.8. The van der Waals surface area contributed by atoms with Crippen LogP contribution in [0.3, 0.4) is 0 Å². The van der Waals surface area contributed by atoms with Gasteiger partial charge in [0.2, 0.25) is 0 Å². The Balaban J connectivity index is 2.06. The number of hydrogen-bond donors (Lipinski definition) is 1. The van der Waals surface area contributed by atoms with E-state index in [1.165, 1.54) is 11.0 Å². The van der Waals surface area contributed by atoms with Crippen LogP contribution in [0.1, 0.15) is 19.3 Å². The van der Waals surface area contributed by atoms with Gasteiger partial charge in [-0.15, -0.1) is 0 Å². The first-order valence-electron chi connectivity index (χ1n) is 6.94. The number of hydrogen-bond acceptors (Lipinski definition) is 4. The summed E-state index contributed by atoms with van der Waals surface area (Å²) >= 11 is 0. The Labute approximate surface area is 118 Å². The largest absolute Gasteiger partial charge is 0.481 e. The van der Waals surface area contributed by atoms with Gasteiger partial charge in [-0.2, -0.15) is 0 Å². The molecule has 2 fully saturated rings. The molecule has 0 aromatic heterocycles. The quantitative estimate of drug-likeness (QED) is 0.791. The predicted octanol–water partition coefficient (Wildman–Crippen LogP) is 1.51. The topological polar surface area (TPSA) is 76.1 Å². The lowest BCUT2D eigenvalue weighted by molar-refractivity contribution is -0.154. The Morgan fingerprint density at radius 2 is 2.15 bits per heavy atom. The van der Waals surface area contributed by atoms with E-state index >= 15 is 0 Å². The van der Waals surface area contributed by atoms with Gasteiger partial charge in [-0.3, -0.25) is 4.79 Å². The molecule has 1 N–H and O–H groups in total. The molecule has 2 aliphatic rings. The van der Waals surface area contributed by atoms with Crippen LogP contribution in [-0.4, -0.2) is 55.0 Å². The van der Waals surface area contributed by atoms with Gasteiger partial charge >= 0.3 is 12.1 Å². The third-order valence-corrected chi connectivity index (χ3v) is 4.31. The van der Waals surface area contributed by atoms with Gasteiger partial charge in [-0.1, -0.05) is 12.7 Å². The van der Waals surface area contributed by atoms with Crippen LogP contribution in [0.2, 0.25) is 0 Å². The van der Waals surface area contributed by atoms with Crippen LogP contribution in [0.4, 0.5) is 4.79 Å². The van der Waals surface area contributed by atoms with Gasteiger partial charge in [0.05, 0.1) is 5.41 Å². The molecule has 2 heterocycles. The summed E-state index contributed by atoms with van der Waals surface area (Å²) in [7, 11) is 0. The zero-order valence-electron chi connectivity index (χ0n) is 11.5. The minimum absolute atomic E-state index is 0.0611. The number of rotatable bonds is 4. The van der Waals surface area contributed by atoms with E-state index in [0.717, 1.165) is 12.8 Å². The van der Waals surface area contributed by atoms with Crippen molar-refractivity contribution in [1.82, 2.24) is 4.90 Å². The molecule has 2 aliphatic heterocycles. The van der Waals surface area contributed by atoms with E-state index in [1.54, 1.807) is 0 Å². The van der Waals surface area contributed by atoms with Gasteiger partial charge in [-0.25, -0.2) is 4.79 Å². The maximum Gasteiger partial charge on any atom is 0.410 e. The van der Waals surface area contributed by atoms with Crippen LogP contribution in [-0.2, 0) is 14.3 Å². The van der Waals surface area contributed by atoms with Crippen LogP contribution in [0.25, 0.3) is 0 Å². The third kappa shape index (κ3) is 2.80. The highest BCUT2D eigenvalue weighted by Gasteiger charge is 2.52. The van der Waals surface area contributed by atoms with Crippen molar-refractivity contribution < 1.29 is 24.2 Å². The Bertz CT molecular complexity index is 391. The molecule has 6 heteroatoms. The van der Waals surface area contributed by atoms with E-state index in [9.17, 15) is 14.7 Å². The average molecular weight is 283 g/mol. The van der Waals surface area contributed by atoms with E-state index in [-0.39, 0.29) is 19.1 Å². The molecular weight excluding hydrogens is 262 g/mol. The smallest absolute Gasteiger partial charge is 0.410 e. The number of carbonyl (C=O) groups is 2. The molecule has 0 spiro atoms. The van der Waals surface area contributed by atoms with Crippen LogP contribution in [0.15, 0.2) is 12.7 Å². The van der Waals surface area contributed by atoms with Gasteiger partial charge < -0.3 is 19.5 Å². The van der Waals surface area contributed by atoms with Crippen molar-refractivity contribution >= 4 is 12.1 Å². The first-order valence-corrected chi connectivity index (χ1v) is 6.94. The van der Waals surface area contributed by atoms with Crippen molar-refractivity contribution in [3.8, 4) is 0 Å². The summed E-state index contributed by atoms with van der Waals surface area (Å²) in [5.41, 5.74) is -0.850. The second-order valence-corrected chi connectivity index (χ2v) is 5.39. The molecule has 20 heavy (non-hydrogen) atoms. The number of amides is 1. The molecule has 0 aromatic rings. The summed E-state index contributed by atoms with van der Waals surface area (Å²) in [6.07, 6.45) is 3.00. The van der Waals surface area contributed by atoms with E-state index < -0.39 is 17.5 Å². The van der Waals surface area contributed by atoms with E-state index in [4.69, 9.17) is 9.47 Å². The molecule has 2 saturated heterocycles. The van der Waals surface area contributed by atoms with Crippen LogP contribution in [0.5, 0.6) is 0 Å². The van der Waals surface area contributed by atoms with Gasteiger partial charge in [0.15, 0.2) is 0 Å². The number of aliphatic carboxylic acids is 1. The van der Waals surface area contributed by atoms with E-state index in [0.29, 0.717) is 26.2 Å². The first-order chi connectivity index (χ1) is 9.60. The third-order valence-electron chi connectivity index (χ3n) is 4.31. The summed E-state index contributed by atoms with van der Waals surface area (Å²) in [5.74, 6) is -0.755. The summed E-state index contributed by atoms with van der Waals surface area (Å²) in [6.45, 7) is 5.48. The van der Waals surface area contributed by atoms with Crippen LogP contribution >= 0.6 is 0 Å². The summed E-state index contributed by atoms with van der Waals surface area (Å²) < 4.78 is 10.3. The Hall–Kier alpha value is -1.56. The highest BCUT2D eigenvalue weighted by atomic mass is 16.6. The highest BCUT2D eigenvalue weighted by Crippen LogP contribution is 2.43. The molecule has 1 amide bonds. The fraction of sp³-hybridized carbons (Fsp3) is 0.714. The molecular formula is C14H21NO5. The number of likely N-dealkylation sites (tertiary alicyclic amines) is 1. The highest BCUT2D eigenvalue weighted by molar-refractivity contribution is 5.78. The summed E-state index contributed by atoms with van der Waals surface area (Å²) in [6, 6.07) is 0. The molecule has 0 aliphatic carbocycles. The Kier molecular flexibility index (Phi) is 4.65. The second kappa shape index (κ2) is 6.26. The SMILES string of the molecule is C=CCOC(=O)N1CCC(C(=O)O)(C2CCOCC2)C1. The minimum atomic E-state index is -0.850. The lowest BCUT2D eigenvalue weighted by Gasteiger charge is -2.35. The van der Waals surface area contributed by atoms with Crippen molar-refractivity contribution in [1.29, 1.82) is 0 Å². The predicted molar refractivity (Wildman–Crippen MR) is 71.3 cm³/mol. The lowest BCUT2D eigenvalue weighted by atomic mass is 9.71.